The molecule has 0 aromatic carbocycles. The van der Waals surface area contributed by atoms with Crippen LogP contribution in [0.2, 0.25) is 0 Å². The molecule has 2 heterocycles. The first kappa shape index (κ1) is 27.1. The molecule has 1 N–H and O–H groups in total. The van der Waals surface area contributed by atoms with E-state index in [4.69, 9.17) is 9.47 Å². The summed E-state index contributed by atoms with van der Waals surface area (Å²) in [4.78, 5) is 22.6. The van der Waals surface area contributed by atoms with Crippen LogP contribution in [-0.4, -0.2) is 72.1 Å². The number of likely N-dealkylation sites (tertiary alicyclic amines) is 1. The molecule has 2 saturated carbocycles. The number of fused-ring (bicyclic) bond motifs is 1. The smallest absolute Gasteiger partial charge is 0.410 e. The highest BCUT2D eigenvalue weighted by molar-refractivity contribution is 7.89. The minimum atomic E-state index is -4.86. The van der Waals surface area contributed by atoms with Crippen molar-refractivity contribution in [2.24, 2.45) is 11.8 Å². The molecule has 1 aromatic heterocycles. The van der Waals surface area contributed by atoms with Gasteiger partial charge in [-0.1, -0.05) is 6.92 Å². The highest BCUT2D eigenvalue weighted by Gasteiger charge is 2.66. The van der Waals surface area contributed by atoms with Gasteiger partial charge in [-0.2, -0.15) is 8.78 Å². The monoisotopic (exact) mass is 534 g/mol. The molecule has 1 aromatic rings. The number of hydrogen-bond acceptors (Lipinski definition) is 7. The highest BCUT2D eigenvalue weighted by Crippen LogP contribution is 2.66. The van der Waals surface area contributed by atoms with E-state index in [0.29, 0.717) is 24.6 Å². The summed E-state index contributed by atoms with van der Waals surface area (Å²) in [5, 5.41) is 0. The molecule has 0 spiro atoms. The van der Waals surface area contributed by atoms with E-state index in [-0.39, 0.29) is 30.5 Å². The summed E-state index contributed by atoms with van der Waals surface area (Å²) in [5.74, 6) is -2.89. The second kappa shape index (κ2) is 10.1. The maximum absolute atomic E-state index is 13.3. The second-order valence-electron chi connectivity index (χ2n) is 10.4. The van der Waals surface area contributed by atoms with E-state index in [1.165, 1.54) is 17.3 Å². The fourth-order valence-electron chi connectivity index (χ4n) is 6.10. The van der Waals surface area contributed by atoms with Crippen molar-refractivity contribution < 1.29 is 35.9 Å². The van der Waals surface area contributed by atoms with Crippen LogP contribution in [0.1, 0.15) is 59.2 Å². The van der Waals surface area contributed by atoms with E-state index in [2.05, 4.69) is 21.6 Å². The topological polar surface area (TPSA) is 111 Å². The van der Waals surface area contributed by atoms with Gasteiger partial charge in [0.25, 0.3) is 10.0 Å². The minimum absolute atomic E-state index is 0.0280. The Balaban J connectivity index is 1.45. The third kappa shape index (κ3) is 5.06. The quantitative estimate of drug-likeness (QED) is 0.545. The highest BCUT2D eigenvalue weighted by atomic mass is 32.2. The SMILES string of the molecule is CC(C)OC(=O)N1[C@H](C)C[C@H](NS(=O)(=O)C(F)F)[C@@H]1CO[C@H]1CC[C@]2(c3ncc(F)cn3)C(C1)[C@@H]2C. The van der Waals surface area contributed by atoms with E-state index < -0.39 is 51.9 Å². The number of nitrogens with zero attached hydrogens (tertiary/aromatic N) is 3. The predicted octanol–water partition coefficient (Wildman–Crippen LogP) is 3.21. The van der Waals surface area contributed by atoms with E-state index >= 15 is 0 Å². The largest absolute Gasteiger partial charge is 0.447 e. The molecule has 202 valence electrons. The lowest BCUT2D eigenvalue weighted by Crippen LogP contribution is -2.51. The Morgan fingerprint density at radius 1 is 1.25 bits per heavy atom. The number of alkyl halides is 2. The van der Waals surface area contributed by atoms with Gasteiger partial charge < -0.3 is 9.47 Å². The summed E-state index contributed by atoms with van der Waals surface area (Å²) >= 11 is 0. The van der Waals surface area contributed by atoms with E-state index in [1.54, 1.807) is 20.8 Å². The molecular formula is C23H33F3N4O5S. The zero-order chi connectivity index (χ0) is 26.4. The first-order valence-corrected chi connectivity index (χ1v) is 13.8. The number of nitrogens with one attached hydrogen (secondary N) is 1. The van der Waals surface area contributed by atoms with Crippen molar-refractivity contribution in [1.82, 2.24) is 19.6 Å². The van der Waals surface area contributed by atoms with Crippen LogP contribution in [0.4, 0.5) is 18.0 Å². The number of halogens is 3. The first-order chi connectivity index (χ1) is 16.9. The van der Waals surface area contributed by atoms with Gasteiger partial charge in [-0.15, -0.1) is 0 Å². The zero-order valence-corrected chi connectivity index (χ0v) is 21.6. The summed E-state index contributed by atoms with van der Waals surface area (Å²) in [6.45, 7) is 7.18. The summed E-state index contributed by atoms with van der Waals surface area (Å²) < 4.78 is 76.8. The van der Waals surface area contributed by atoms with E-state index in [0.717, 1.165) is 6.42 Å². The molecule has 36 heavy (non-hydrogen) atoms. The number of carbonyl (C=O) groups is 1. The average Bonchev–Trinajstić information content (AvgIpc) is 3.26. The van der Waals surface area contributed by atoms with E-state index in [9.17, 15) is 26.4 Å². The number of amides is 1. The Morgan fingerprint density at radius 3 is 2.50 bits per heavy atom. The molecule has 0 bridgehead atoms. The van der Waals surface area contributed by atoms with Gasteiger partial charge in [0.2, 0.25) is 0 Å². The summed E-state index contributed by atoms with van der Waals surface area (Å²) in [5.41, 5.74) is -0.210. The molecule has 13 heteroatoms. The van der Waals surface area contributed by atoms with Crippen LogP contribution in [0.25, 0.3) is 0 Å². The predicted molar refractivity (Wildman–Crippen MR) is 123 cm³/mol. The van der Waals surface area contributed by atoms with Crippen molar-refractivity contribution in [2.75, 3.05) is 6.61 Å². The van der Waals surface area contributed by atoms with Crippen LogP contribution in [0.3, 0.4) is 0 Å². The number of sulfonamides is 1. The summed E-state index contributed by atoms with van der Waals surface area (Å²) in [6, 6.07) is -2.18. The van der Waals surface area contributed by atoms with Gasteiger partial charge in [0.15, 0.2) is 5.82 Å². The fourth-order valence-corrected chi connectivity index (χ4v) is 6.87. The van der Waals surface area contributed by atoms with Gasteiger partial charge in [-0.05, 0) is 58.3 Å². The van der Waals surface area contributed by atoms with Crippen LogP contribution in [0, 0.1) is 17.7 Å². The summed E-state index contributed by atoms with van der Waals surface area (Å²) in [6.07, 6.45) is 3.42. The van der Waals surface area contributed by atoms with Crippen LogP contribution >= 0.6 is 0 Å². The van der Waals surface area contributed by atoms with Crippen molar-refractivity contribution in [3.63, 3.8) is 0 Å². The van der Waals surface area contributed by atoms with E-state index in [1.807, 2.05) is 0 Å². The number of hydrogen-bond donors (Lipinski definition) is 1. The first-order valence-electron chi connectivity index (χ1n) is 12.2. The molecule has 9 nitrogen and oxygen atoms in total. The third-order valence-corrected chi connectivity index (χ3v) is 8.99. The Bertz CT molecular complexity index is 1060. The Hall–Kier alpha value is -1.99. The van der Waals surface area contributed by atoms with Crippen LogP contribution in [-0.2, 0) is 24.9 Å². The van der Waals surface area contributed by atoms with Crippen LogP contribution in [0.15, 0.2) is 12.4 Å². The second-order valence-corrected chi connectivity index (χ2v) is 12.1. The number of ether oxygens (including phenoxy) is 2. The van der Waals surface area contributed by atoms with Gasteiger partial charge in [0.1, 0.15) is 5.82 Å². The van der Waals surface area contributed by atoms with Gasteiger partial charge in [0, 0.05) is 17.5 Å². The maximum atomic E-state index is 13.3. The molecule has 1 saturated heterocycles. The lowest BCUT2D eigenvalue weighted by atomic mass is 9.85. The van der Waals surface area contributed by atoms with Crippen molar-refractivity contribution in [2.45, 2.75) is 94.9 Å². The Kier molecular flexibility index (Phi) is 7.55. The minimum Gasteiger partial charge on any atom is -0.447 e. The summed E-state index contributed by atoms with van der Waals surface area (Å²) in [7, 11) is -4.86. The van der Waals surface area contributed by atoms with Gasteiger partial charge in [0.05, 0.1) is 37.3 Å². The van der Waals surface area contributed by atoms with Gasteiger partial charge in [-0.3, -0.25) is 4.90 Å². The maximum Gasteiger partial charge on any atom is 0.410 e. The lowest BCUT2D eigenvalue weighted by molar-refractivity contribution is -0.0148. The normalized spacial score (nSPS) is 34.2. The number of rotatable bonds is 8. The molecule has 1 aliphatic heterocycles. The van der Waals surface area contributed by atoms with Gasteiger partial charge in [-0.25, -0.2) is 32.3 Å². The van der Waals surface area contributed by atoms with Crippen molar-refractivity contribution in [1.29, 1.82) is 0 Å². The van der Waals surface area contributed by atoms with Crippen molar-refractivity contribution in [3.05, 3.63) is 24.0 Å². The van der Waals surface area contributed by atoms with Crippen LogP contribution < -0.4 is 4.72 Å². The lowest BCUT2D eigenvalue weighted by Gasteiger charge is -2.33. The fraction of sp³-hybridized carbons (Fsp3) is 0.783. The van der Waals surface area contributed by atoms with Crippen LogP contribution in [0.5, 0.6) is 0 Å². The molecule has 7 atom stereocenters. The van der Waals surface area contributed by atoms with Crippen molar-refractivity contribution >= 4 is 16.1 Å². The Labute approximate surface area is 209 Å². The molecule has 4 rings (SSSR count). The van der Waals surface area contributed by atoms with Gasteiger partial charge >= 0.3 is 11.9 Å². The molecule has 1 unspecified atom stereocenters. The molecule has 1 amide bonds. The van der Waals surface area contributed by atoms with Crippen molar-refractivity contribution in [3.8, 4) is 0 Å². The molecule has 0 radical (unpaired) electrons. The molecule has 2 aliphatic carbocycles. The number of carbonyl (C=O) groups excluding carboxylic acids is 1. The third-order valence-electron chi connectivity index (χ3n) is 7.89. The molecular weight excluding hydrogens is 501 g/mol. The standard InChI is InChI=1S/C23H33F3N4O5S/c1-12(2)35-22(31)30-13(3)7-18(29-36(32,33)21(25)26)19(30)11-34-16-5-6-23(14(4)17(23)8-16)20-27-9-15(24)10-28-20/h9-10,12-14,16-19,21,29H,5-8,11H2,1-4H3/t13-,14+,16+,17?,18+,19+,23-/m1/s1. The zero-order valence-electron chi connectivity index (χ0n) is 20.7. The Morgan fingerprint density at radius 2 is 1.92 bits per heavy atom. The molecule has 3 aliphatic rings. The average molecular weight is 535 g/mol. The number of aromatic nitrogens is 2. The molecule has 3 fully saturated rings.